The van der Waals surface area contributed by atoms with Gasteiger partial charge in [0.25, 0.3) is 0 Å². The van der Waals surface area contributed by atoms with Crippen LogP contribution >= 0.6 is 0 Å². The molecule has 21 heavy (non-hydrogen) atoms. The first-order valence-electron chi connectivity index (χ1n) is 7.09. The maximum atomic E-state index is 7.92. The third-order valence-electron chi connectivity index (χ3n) is 2.91. The Bertz CT molecular complexity index is 470. The Morgan fingerprint density at radius 1 is 0.905 bits per heavy atom. The van der Waals surface area contributed by atoms with Gasteiger partial charge in [-0.25, -0.2) is 0 Å². The highest BCUT2D eigenvalue weighted by atomic mass is 16.5. The van der Waals surface area contributed by atoms with Crippen LogP contribution in [0, 0.1) is 0 Å². The van der Waals surface area contributed by atoms with E-state index in [2.05, 4.69) is 29.4 Å². The van der Waals surface area contributed by atoms with Gasteiger partial charge in [0.15, 0.2) is 0 Å². The summed E-state index contributed by atoms with van der Waals surface area (Å²) in [6, 6.07) is 20.4. The van der Waals surface area contributed by atoms with Crippen molar-refractivity contribution in [2.45, 2.75) is 33.5 Å². The van der Waals surface area contributed by atoms with Crippen molar-refractivity contribution in [3.63, 3.8) is 0 Å². The molecule has 2 rings (SSSR count). The molecular formula is C18H23NO2. The summed E-state index contributed by atoms with van der Waals surface area (Å²) in [6.45, 7) is 5.07. The molecule has 0 saturated carbocycles. The van der Waals surface area contributed by atoms with E-state index in [4.69, 9.17) is 9.94 Å². The highest BCUT2D eigenvalue weighted by molar-refractivity contribution is 5.80. The van der Waals surface area contributed by atoms with Crippen LogP contribution in [-0.4, -0.2) is 10.9 Å². The number of hydrogen-bond acceptors (Lipinski definition) is 3. The van der Waals surface area contributed by atoms with Crippen LogP contribution in [0.5, 0.6) is 0 Å². The molecule has 0 saturated heterocycles. The largest absolute Gasteiger partial charge is 0.411 e. The Morgan fingerprint density at radius 2 is 1.33 bits per heavy atom. The summed E-state index contributed by atoms with van der Waals surface area (Å²) in [5.41, 5.74) is 3.21. The first-order chi connectivity index (χ1) is 10.3. The van der Waals surface area contributed by atoms with Gasteiger partial charge in [0, 0.05) is 0 Å². The zero-order valence-corrected chi connectivity index (χ0v) is 12.7. The number of ether oxygens (including phenoxy) is 1. The van der Waals surface area contributed by atoms with Crippen molar-refractivity contribution in [2.24, 2.45) is 5.16 Å². The number of oxime groups is 1. The van der Waals surface area contributed by atoms with Crippen LogP contribution in [0.25, 0.3) is 0 Å². The standard InChI is InChI=1S/C14H14O.C4H9NO/c1-3-7-13(8-4-1)11-15-12-14-9-5-2-6-10-14;1-3-4(2)5-6/h1-10H,11-12H2;6H,3H2,1-2H3. The minimum atomic E-state index is 0.676. The molecule has 0 radical (unpaired) electrons. The van der Waals surface area contributed by atoms with E-state index in [0.29, 0.717) is 13.2 Å². The Hall–Kier alpha value is -2.13. The highest BCUT2D eigenvalue weighted by Crippen LogP contribution is 2.05. The summed E-state index contributed by atoms with van der Waals surface area (Å²) in [5.74, 6) is 0. The summed E-state index contributed by atoms with van der Waals surface area (Å²) in [4.78, 5) is 0. The minimum absolute atomic E-state index is 0.676. The fraction of sp³-hybridized carbons (Fsp3) is 0.278. The van der Waals surface area contributed by atoms with E-state index in [1.54, 1.807) is 6.92 Å². The first kappa shape index (κ1) is 16.9. The topological polar surface area (TPSA) is 41.8 Å². The number of benzene rings is 2. The average Bonchev–Trinajstić information content (AvgIpc) is 2.56. The molecule has 0 amide bonds. The molecule has 1 N–H and O–H groups in total. The smallest absolute Gasteiger partial charge is 0.0721 e. The van der Waals surface area contributed by atoms with Gasteiger partial charge in [-0.15, -0.1) is 0 Å². The van der Waals surface area contributed by atoms with Crippen LogP contribution in [0.1, 0.15) is 31.4 Å². The summed E-state index contributed by atoms with van der Waals surface area (Å²) in [7, 11) is 0. The SMILES string of the molecule is CCC(C)=NO.c1ccc(COCc2ccccc2)cc1. The normalized spacial score (nSPS) is 10.7. The van der Waals surface area contributed by atoms with Crippen LogP contribution < -0.4 is 0 Å². The minimum Gasteiger partial charge on any atom is -0.411 e. The molecule has 0 aliphatic heterocycles. The maximum absolute atomic E-state index is 7.92. The van der Waals surface area contributed by atoms with Gasteiger partial charge in [-0.05, 0) is 24.5 Å². The predicted molar refractivity (Wildman–Crippen MR) is 86.6 cm³/mol. The lowest BCUT2D eigenvalue weighted by Crippen LogP contribution is -1.93. The van der Waals surface area contributed by atoms with Gasteiger partial charge in [-0.1, -0.05) is 72.7 Å². The molecule has 0 atom stereocenters. The predicted octanol–water partition coefficient (Wildman–Crippen LogP) is 4.65. The average molecular weight is 285 g/mol. The monoisotopic (exact) mass is 285 g/mol. The van der Waals surface area contributed by atoms with Crippen LogP contribution in [0.2, 0.25) is 0 Å². The van der Waals surface area contributed by atoms with Crippen molar-refractivity contribution >= 4 is 5.71 Å². The van der Waals surface area contributed by atoms with Gasteiger partial charge >= 0.3 is 0 Å². The van der Waals surface area contributed by atoms with Crippen molar-refractivity contribution < 1.29 is 9.94 Å². The first-order valence-corrected chi connectivity index (χ1v) is 7.09. The lowest BCUT2D eigenvalue weighted by atomic mass is 10.2. The second kappa shape index (κ2) is 10.6. The van der Waals surface area contributed by atoms with E-state index >= 15 is 0 Å². The summed E-state index contributed by atoms with van der Waals surface area (Å²) in [6.07, 6.45) is 0.830. The molecule has 112 valence electrons. The highest BCUT2D eigenvalue weighted by Gasteiger charge is 1.93. The molecule has 0 aliphatic carbocycles. The molecular weight excluding hydrogens is 262 g/mol. The fourth-order valence-electron chi connectivity index (χ4n) is 1.51. The maximum Gasteiger partial charge on any atom is 0.0721 e. The summed E-state index contributed by atoms with van der Waals surface area (Å²) < 4.78 is 5.61. The molecule has 0 unspecified atom stereocenters. The van der Waals surface area contributed by atoms with Gasteiger partial charge in [0.2, 0.25) is 0 Å². The van der Waals surface area contributed by atoms with E-state index in [9.17, 15) is 0 Å². The fourth-order valence-corrected chi connectivity index (χ4v) is 1.51. The Kier molecular flexibility index (Phi) is 8.57. The quantitative estimate of drug-likeness (QED) is 0.493. The Morgan fingerprint density at radius 3 is 1.62 bits per heavy atom. The number of hydrogen-bond donors (Lipinski definition) is 1. The third kappa shape index (κ3) is 7.90. The molecule has 3 nitrogen and oxygen atoms in total. The molecule has 2 aromatic carbocycles. The summed E-state index contributed by atoms with van der Waals surface area (Å²) >= 11 is 0. The number of rotatable bonds is 5. The molecule has 0 fully saturated rings. The van der Waals surface area contributed by atoms with E-state index in [1.165, 1.54) is 11.1 Å². The van der Waals surface area contributed by atoms with E-state index < -0.39 is 0 Å². The molecule has 0 aliphatic rings. The van der Waals surface area contributed by atoms with Crippen LogP contribution in [0.3, 0.4) is 0 Å². The molecule has 2 aromatic rings. The lowest BCUT2D eigenvalue weighted by Gasteiger charge is -2.03. The Labute approximate surface area is 126 Å². The van der Waals surface area contributed by atoms with Crippen molar-refractivity contribution in [3.8, 4) is 0 Å². The zero-order chi connectivity index (χ0) is 15.3. The zero-order valence-electron chi connectivity index (χ0n) is 12.7. The van der Waals surface area contributed by atoms with E-state index in [0.717, 1.165) is 12.1 Å². The van der Waals surface area contributed by atoms with E-state index in [1.807, 2.05) is 43.3 Å². The van der Waals surface area contributed by atoms with Crippen LogP contribution in [0.4, 0.5) is 0 Å². The van der Waals surface area contributed by atoms with Gasteiger partial charge in [0.1, 0.15) is 0 Å². The van der Waals surface area contributed by atoms with Crippen molar-refractivity contribution in [1.82, 2.24) is 0 Å². The Balaban J connectivity index is 0.000000315. The van der Waals surface area contributed by atoms with Crippen LogP contribution in [0.15, 0.2) is 65.8 Å². The molecule has 0 aromatic heterocycles. The molecule has 0 heterocycles. The molecule has 0 spiro atoms. The summed E-state index contributed by atoms with van der Waals surface area (Å²) in [5, 5.41) is 10.8. The second-order valence-electron chi connectivity index (χ2n) is 4.65. The van der Waals surface area contributed by atoms with E-state index in [-0.39, 0.29) is 0 Å². The van der Waals surface area contributed by atoms with Gasteiger partial charge in [0.05, 0.1) is 18.9 Å². The van der Waals surface area contributed by atoms with Crippen LogP contribution in [-0.2, 0) is 18.0 Å². The van der Waals surface area contributed by atoms with Crippen molar-refractivity contribution in [3.05, 3.63) is 71.8 Å². The van der Waals surface area contributed by atoms with Gasteiger partial charge in [-0.3, -0.25) is 0 Å². The van der Waals surface area contributed by atoms with Crippen molar-refractivity contribution in [1.29, 1.82) is 0 Å². The molecule has 3 heteroatoms. The van der Waals surface area contributed by atoms with Gasteiger partial charge < -0.3 is 9.94 Å². The molecule has 0 bridgehead atoms. The third-order valence-corrected chi connectivity index (χ3v) is 2.91. The van der Waals surface area contributed by atoms with Gasteiger partial charge in [-0.2, -0.15) is 0 Å². The second-order valence-corrected chi connectivity index (χ2v) is 4.65. The lowest BCUT2D eigenvalue weighted by molar-refractivity contribution is 0.107. The number of nitrogens with zero attached hydrogens (tertiary/aromatic N) is 1. The van der Waals surface area contributed by atoms with Crippen molar-refractivity contribution in [2.75, 3.05) is 0 Å².